The van der Waals surface area contributed by atoms with Gasteiger partial charge in [-0.25, -0.2) is 9.78 Å². The van der Waals surface area contributed by atoms with Crippen molar-refractivity contribution >= 4 is 23.4 Å². The van der Waals surface area contributed by atoms with E-state index in [1.54, 1.807) is 0 Å². The van der Waals surface area contributed by atoms with Gasteiger partial charge < -0.3 is 21.5 Å². The first-order valence-corrected chi connectivity index (χ1v) is 6.04. The van der Waals surface area contributed by atoms with Crippen LogP contribution >= 0.6 is 0 Å². The van der Waals surface area contributed by atoms with Crippen LogP contribution in [-0.2, 0) is 4.79 Å². The van der Waals surface area contributed by atoms with Crippen LogP contribution in [0.5, 0.6) is 0 Å². The molecule has 7 heteroatoms. The molecule has 1 heterocycles. The van der Waals surface area contributed by atoms with E-state index in [9.17, 15) is 9.59 Å². The predicted octanol–water partition coefficient (Wildman–Crippen LogP) is 0.690. The van der Waals surface area contributed by atoms with E-state index < -0.39 is 5.97 Å². The lowest BCUT2D eigenvalue weighted by Gasteiger charge is -2.08. The molecule has 0 spiro atoms. The van der Waals surface area contributed by atoms with E-state index in [4.69, 9.17) is 10.8 Å². The van der Waals surface area contributed by atoms with Crippen LogP contribution in [0.1, 0.15) is 30.1 Å². The number of nitrogens with one attached hydrogen (secondary N) is 2. The first-order chi connectivity index (χ1) is 9.04. The lowest BCUT2D eigenvalue weighted by Crippen LogP contribution is -2.26. The highest BCUT2D eigenvalue weighted by Gasteiger charge is 2.09. The first-order valence-electron chi connectivity index (χ1n) is 6.04. The summed E-state index contributed by atoms with van der Waals surface area (Å²) in [6.07, 6.45) is 2.47. The van der Waals surface area contributed by atoms with Gasteiger partial charge in [-0.3, -0.25) is 4.79 Å². The molecule has 0 atom stereocenters. The molecular formula is C12H18N4O3. The highest BCUT2D eigenvalue weighted by Crippen LogP contribution is 2.14. The minimum absolute atomic E-state index is 0.00654. The largest absolute Gasteiger partial charge is 0.478 e. The number of carboxylic acid groups (broad SMARTS) is 1. The van der Waals surface area contributed by atoms with Gasteiger partial charge in [0.2, 0.25) is 5.91 Å². The molecule has 0 aliphatic heterocycles. The summed E-state index contributed by atoms with van der Waals surface area (Å²) in [5.74, 6) is -0.776. The summed E-state index contributed by atoms with van der Waals surface area (Å²) in [5, 5.41) is 14.5. The number of pyridine rings is 1. The molecule has 0 aliphatic carbocycles. The van der Waals surface area contributed by atoms with Gasteiger partial charge in [-0.2, -0.15) is 0 Å². The molecule has 0 fully saturated rings. The summed E-state index contributed by atoms with van der Waals surface area (Å²) in [7, 11) is 0. The zero-order chi connectivity index (χ0) is 14.3. The number of nitrogens with two attached hydrogens (primary N) is 1. The number of hydrogen-bond donors (Lipinski definition) is 4. The predicted molar refractivity (Wildman–Crippen MR) is 72.0 cm³/mol. The molecular weight excluding hydrogens is 248 g/mol. The summed E-state index contributed by atoms with van der Waals surface area (Å²) in [6.45, 7) is 3.01. The highest BCUT2D eigenvalue weighted by atomic mass is 16.4. The fourth-order valence-electron chi connectivity index (χ4n) is 1.40. The quantitative estimate of drug-likeness (QED) is 0.577. The lowest BCUT2D eigenvalue weighted by molar-refractivity contribution is -0.120. The molecule has 0 saturated carbocycles. The van der Waals surface area contributed by atoms with Crippen molar-refractivity contribution in [3.63, 3.8) is 0 Å². The van der Waals surface area contributed by atoms with Gasteiger partial charge >= 0.3 is 5.97 Å². The Hall–Kier alpha value is -2.31. The second kappa shape index (κ2) is 7.20. The van der Waals surface area contributed by atoms with Crippen molar-refractivity contribution in [2.75, 3.05) is 24.1 Å². The Kier molecular flexibility index (Phi) is 5.59. The Labute approximate surface area is 111 Å². The molecule has 19 heavy (non-hydrogen) atoms. The molecule has 7 nitrogen and oxygen atoms in total. The summed E-state index contributed by atoms with van der Waals surface area (Å²) in [5.41, 5.74) is 5.59. The number of nitrogens with zero attached hydrogens (tertiary/aromatic N) is 1. The van der Waals surface area contributed by atoms with Crippen molar-refractivity contribution < 1.29 is 14.7 Å². The third-order valence-corrected chi connectivity index (χ3v) is 2.40. The number of amides is 1. The van der Waals surface area contributed by atoms with Gasteiger partial charge in [0.05, 0.1) is 17.4 Å². The van der Waals surface area contributed by atoms with Crippen LogP contribution in [0.3, 0.4) is 0 Å². The zero-order valence-corrected chi connectivity index (χ0v) is 10.8. The maximum Gasteiger partial charge on any atom is 0.337 e. The second-order valence-electron chi connectivity index (χ2n) is 3.99. The lowest BCUT2D eigenvalue weighted by atomic mass is 10.2. The normalized spacial score (nSPS) is 9.95. The number of hydrogen-bond acceptors (Lipinski definition) is 5. The van der Waals surface area contributed by atoms with E-state index in [-0.39, 0.29) is 17.2 Å². The van der Waals surface area contributed by atoms with Crippen LogP contribution in [0.25, 0.3) is 0 Å². The third-order valence-electron chi connectivity index (χ3n) is 2.40. The summed E-state index contributed by atoms with van der Waals surface area (Å²) in [4.78, 5) is 26.2. The van der Waals surface area contributed by atoms with Gasteiger partial charge in [0.25, 0.3) is 0 Å². The zero-order valence-electron chi connectivity index (χ0n) is 10.8. The topological polar surface area (TPSA) is 117 Å². The highest BCUT2D eigenvalue weighted by molar-refractivity contribution is 5.94. The van der Waals surface area contributed by atoms with Crippen LogP contribution in [0, 0.1) is 0 Å². The minimum atomic E-state index is -1.11. The standard InChI is InChI=1S/C12H18N4O3/c1-2-4-15-11(17)3-5-14-10-6-8(12(18)19)9(13)7-16-10/h6-7H,2-5,13H2,1H3,(H,14,16)(H,15,17)(H,18,19). The van der Waals surface area contributed by atoms with E-state index in [1.807, 2.05) is 6.92 Å². The summed E-state index contributed by atoms with van der Waals surface area (Å²) < 4.78 is 0. The Morgan fingerprint density at radius 2 is 2.16 bits per heavy atom. The molecule has 0 bridgehead atoms. The SMILES string of the molecule is CCCNC(=O)CCNc1cc(C(=O)O)c(N)cn1. The molecule has 1 aromatic heterocycles. The van der Waals surface area contributed by atoms with Gasteiger partial charge in [-0.15, -0.1) is 0 Å². The molecule has 1 amide bonds. The molecule has 5 N–H and O–H groups in total. The van der Waals surface area contributed by atoms with Gasteiger partial charge in [0.15, 0.2) is 0 Å². The molecule has 0 aliphatic rings. The number of aromatic nitrogens is 1. The Morgan fingerprint density at radius 3 is 2.79 bits per heavy atom. The van der Waals surface area contributed by atoms with E-state index in [0.717, 1.165) is 6.42 Å². The molecule has 1 aromatic rings. The minimum Gasteiger partial charge on any atom is -0.478 e. The average Bonchev–Trinajstić information content (AvgIpc) is 2.38. The van der Waals surface area contributed by atoms with Crippen molar-refractivity contribution in [3.8, 4) is 0 Å². The molecule has 0 aromatic carbocycles. The van der Waals surface area contributed by atoms with Crippen LogP contribution in [0.4, 0.5) is 11.5 Å². The van der Waals surface area contributed by atoms with Gasteiger partial charge in [0.1, 0.15) is 5.82 Å². The van der Waals surface area contributed by atoms with E-state index >= 15 is 0 Å². The van der Waals surface area contributed by atoms with Crippen LogP contribution in [0.2, 0.25) is 0 Å². The molecule has 104 valence electrons. The monoisotopic (exact) mass is 266 g/mol. The first kappa shape index (κ1) is 14.7. The van der Waals surface area contributed by atoms with E-state index in [2.05, 4.69) is 15.6 Å². The Balaban J connectivity index is 2.48. The number of anilines is 2. The van der Waals surface area contributed by atoms with E-state index in [0.29, 0.717) is 25.3 Å². The van der Waals surface area contributed by atoms with Gasteiger partial charge in [-0.1, -0.05) is 6.92 Å². The summed E-state index contributed by atoms with van der Waals surface area (Å²) in [6, 6.07) is 1.35. The molecule has 0 radical (unpaired) electrons. The Bertz CT molecular complexity index is 462. The summed E-state index contributed by atoms with van der Waals surface area (Å²) >= 11 is 0. The second-order valence-corrected chi connectivity index (χ2v) is 3.99. The third kappa shape index (κ3) is 4.82. The number of nitrogen functional groups attached to an aromatic ring is 1. The van der Waals surface area contributed by atoms with Crippen LogP contribution < -0.4 is 16.4 Å². The maximum atomic E-state index is 11.3. The molecule has 0 saturated heterocycles. The van der Waals surface area contributed by atoms with Crippen LogP contribution in [-0.4, -0.2) is 35.1 Å². The van der Waals surface area contributed by atoms with E-state index in [1.165, 1.54) is 12.3 Å². The fourth-order valence-corrected chi connectivity index (χ4v) is 1.40. The van der Waals surface area contributed by atoms with Crippen LogP contribution in [0.15, 0.2) is 12.3 Å². The number of rotatable bonds is 7. The van der Waals surface area contributed by atoms with Crippen molar-refractivity contribution in [3.05, 3.63) is 17.8 Å². The average molecular weight is 266 g/mol. The van der Waals surface area contributed by atoms with Crippen molar-refractivity contribution in [1.82, 2.24) is 10.3 Å². The van der Waals surface area contributed by atoms with Crippen molar-refractivity contribution in [2.24, 2.45) is 0 Å². The number of aromatic carboxylic acids is 1. The van der Waals surface area contributed by atoms with Crippen molar-refractivity contribution in [1.29, 1.82) is 0 Å². The smallest absolute Gasteiger partial charge is 0.337 e. The Morgan fingerprint density at radius 1 is 1.42 bits per heavy atom. The van der Waals surface area contributed by atoms with Crippen molar-refractivity contribution in [2.45, 2.75) is 19.8 Å². The maximum absolute atomic E-state index is 11.3. The van der Waals surface area contributed by atoms with Gasteiger partial charge in [0, 0.05) is 19.5 Å². The van der Waals surface area contributed by atoms with Gasteiger partial charge in [-0.05, 0) is 12.5 Å². The number of carbonyl (C=O) groups is 2. The molecule has 1 rings (SSSR count). The number of carbonyl (C=O) groups excluding carboxylic acids is 1. The molecule has 0 unspecified atom stereocenters. The number of carboxylic acids is 1. The fraction of sp³-hybridized carbons (Fsp3) is 0.417.